The minimum Gasteiger partial charge on any atom is -0.338 e. The predicted molar refractivity (Wildman–Crippen MR) is 96.2 cm³/mol. The van der Waals surface area contributed by atoms with Crippen molar-refractivity contribution in [1.82, 2.24) is 25.2 Å². The van der Waals surface area contributed by atoms with Gasteiger partial charge in [0.2, 0.25) is 17.6 Å². The highest BCUT2D eigenvalue weighted by molar-refractivity contribution is 5.85. The van der Waals surface area contributed by atoms with Crippen LogP contribution in [-0.2, 0) is 13.1 Å². The lowest BCUT2D eigenvalue weighted by atomic mass is 10.0. The van der Waals surface area contributed by atoms with E-state index in [1.165, 1.54) is 0 Å². The van der Waals surface area contributed by atoms with Crippen LogP contribution in [0.1, 0.15) is 42.9 Å². The lowest BCUT2D eigenvalue weighted by Gasteiger charge is -2.32. The molecule has 0 amide bonds. The zero-order valence-corrected chi connectivity index (χ0v) is 15.1. The predicted octanol–water partition coefficient (Wildman–Crippen LogP) is 2.73. The fraction of sp³-hybridized carbons (Fsp3) is 0.412. The van der Waals surface area contributed by atoms with Crippen molar-refractivity contribution in [3.05, 3.63) is 47.9 Å². The van der Waals surface area contributed by atoms with Crippen LogP contribution in [0.4, 0.5) is 0 Å². The average molecular weight is 377 g/mol. The van der Waals surface area contributed by atoms with Gasteiger partial charge in [-0.05, 0) is 19.4 Å². The van der Waals surface area contributed by atoms with Gasteiger partial charge in [0.1, 0.15) is 0 Å². The van der Waals surface area contributed by atoms with E-state index in [0.29, 0.717) is 30.0 Å². The van der Waals surface area contributed by atoms with Gasteiger partial charge in [-0.3, -0.25) is 4.90 Å². The van der Waals surface area contributed by atoms with Crippen LogP contribution in [-0.4, -0.2) is 31.7 Å². The highest BCUT2D eigenvalue weighted by Crippen LogP contribution is 2.31. The molecule has 9 heteroatoms. The van der Waals surface area contributed by atoms with E-state index in [1.807, 2.05) is 30.3 Å². The maximum Gasteiger partial charge on any atom is 0.244 e. The SMILES string of the molecule is Cl.NCc1nc(CN2CCCCC2c2nc(-c3ccccc3)no2)no1. The van der Waals surface area contributed by atoms with Crippen LogP contribution in [0.25, 0.3) is 11.4 Å². The second kappa shape index (κ2) is 8.39. The summed E-state index contributed by atoms with van der Waals surface area (Å²) < 4.78 is 10.7. The number of halogens is 1. The third-order valence-corrected chi connectivity index (χ3v) is 4.40. The van der Waals surface area contributed by atoms with Gasteiger partial charge < -0.3 is 14.8 Å². The molecule has 1 fully saturated rings. The van der Waals surface area contributed by atoms with Gasteiger partial charge in [0.05, 0.1) is 19.1 Å². The summed E-state index contributed by atoms with van der Waals surface area (Å²) in [6, 6.07) is 9.90. The highest BCUT2D eigenvalue weighted by atomic mass is 35.5. The molecule has 0 saturated carbocycles. The molecule has 1 aliphatic rings. The van der Waals surface area contributed by atoms with Crippen LogP contribution in [0, 0.1) is 0 Å². The lowest BCUT2D eigenvalue weighted by molar-refractivity contribution is 0.107. The van der Waals surface area contributed by atoms with Gasteiger partial charge in [0.15, 0.2) is 5.82 Å². The number of rotatable bonds is 5. The van der Waals surface area contributed by atoms with Crippen molar-refractivity contribution in [1.29, 1.82) is 0 Å². The van der Waals surface area contributed by atoms with E-state index < -0.39 is 0 Å². The fourth-order valence-corrected chi connectivity index (χ4v) is 3.15. The largest absolute Gasteiger partial charge is 0.338 e. The van der Waals surface area contributed by atoms with Gasteiger partial charge in [0.25, 0.3) is 0 Å². The summed E-state index contributed by atoms with van der Waals surface area (Å²) >= 11 is 0. The van der Waals surface area contributed by atoms with Gasteiger partial charge in [-0.15, -0.1) is 12.4 Å². The van der Waals surface area contributed by atoms with E-state index in [0.717, 1.165) is 31.4 Å². The number of aromatic nitrogens is 4. The number of hydrogen-bond donors (Lipinski definition) is 1. The summed E-state index contributed by atoms with van der Waals surface area (Å²) in [6.45, 7) is 1.76. The number of piperidine rings is 1. The monoisotopic (exact) mass is 376 g/mol. The number of hydrogen-bond acceptors (Lipinski definition) is 8. The van der Waals surface area contributed by atoms with Crippen LogP contribution >= 0.6 is 12.4 Å². The Hall–Kier alpha value is -2.29. The van der Waals surface area contributed by atoms with E-state index >= 15 is 0 Å². The van der Waals surface area contributed by atoms with Gasteiger partial charge in [-0.1, -0.05) is 47.1 Å². The number of nitrogens with two attached hydrogens (primary N) is 1. The van der Waals surface area contributed by atoms with Gasteiger partial charge in [-0.2, -0.15) is 9.97 Å². The van der Waals surface area contributed by atoms with Crippen LogP contribution in [0.15, 0.2) is 39.4 Å². The van der Waals surface area contributed by atoms with E-state index in [1.54, 1.807) is 0 Å². The smallest absolute Gasteiger partial charge is 0.244 e. The molecular weight excluding hydrogens is 356 g/mol. The number of benzene rings is 1. The third kappa shape index (κ3) is 3.92. The molecule has 1 unspecified atom stereocenters. The Bertz CT molecular complexity index is 822. The molecule has 26 heavy (non-hydrogen) atoms. The van der Waals surface area contributed by atoms with Gasteiger partial charge in [-0.25, -0.2) is 0 Å². The van der Waals surface area contributed by atoms with E-state index in [9.17, 15) is 0 Å². The first-order valence-electron chi connectivity index (χ1n) is 8.48. The van der Waals surface area contributed by atoms with Crippen LogP contribution in [0.3, 0.4) is 0 Å². The van der Waals surface area contributed by atoms with Gasteiger partial charge in [0, 0.05) is 5.56 Å². The summed E-state index contributed by atoms with van der Waals surface area (Å²) in [4.78, 5) is 11.2. The molecule has 138 valence electrons. The first kappa shape index (κ1) is 18.5. The molecule has 0 radical (unpaired) electrons. The normalized spacial score (nSPS) is 17.8. The molecular formula is C17H21ClN6O2. The van der Waals surface area contributed by atoms with Crippen molar-refractivity contribution in [2.45, 2.75) is 38.4 Å². The van der Waals surface area contributed by atoms with Crippen molar-refractivity contribution >= 4 is 12.4 Å². The summed E-state index contributed by atoms with van der Waals surface area (Å²) in [5.41, 5.74) is 6.48. The maximum absolute atomic E-state index is 5.57. The van der Waals surface area contributed by atoms with Crippen LogP contribution < -0.4 is 5.73 Å². The second-order valence-corrected chi connectivity index (χ2v) is 6.11. The van der Waals surface area contributed by atoms with Gasteiger partial charge >= 0.3 is 0 Å². The van der Waals surface area contributed by atoms with E-state index in [2.05, 4.69) is 25.2 Å². The Labute approximate surface area is 157 Å². The standard InChI is InChI=1S/C17H20N6O2.ClH/c18-10-15-19-14(21-24-15)11-23-9-5-4-8-13(23)17-20-16(22-25-17)12-6-2-1-3-7-12;/h1-3,6-7,13H,4-5,8-11,18H2;1H. The molecule has 8 nitrogen and oxygen atoms in total. The lowest BCUT2D eigenvalue weighted by Crippen LogP contribution is -2.33. The van der Waals surface area contributed by atoms with Crippen molar-refractivity contribution < 1.29 is 9.05 Å². The summed E-state index contributed by atoms with van der Waals surface area (Å²) in [5.74, 6) is 2.34. The number of nitrogens with zero attached hydrogens (tertiary/aromatic N) is 5. The van der Waals surface area contributed by atoms with E-state index in [-0.39, 0.29) is 25.0 Å². The molecule has 0 bridgehead atoms. The van der Waals surface area contributed by atoms with Crippen molar-refractivity contribution in [2.75, 3.05) is 6.54 Å². The summed E-state index contributed by atoms with van der Waals surface area (Å²) in [6.07, 6.45) is 3.22. The minimum atomic E-state index is 0. The zero-order valence-electron chi connectivity index (χ0n) is 14.2. The topological polar surface area (TPSA) is 107 Å². The first-order chi connectivity index (χ1) is 12.3. The van der Waals surface area contributed by atoms with Crippen LogP contribution in [0.5, 0.6) is 0 Å². The Morgan fingerprint density at radius 3 is 2.69 bits per heavy atom. The molecule has 3 heterocycles. The molecule has 0 aliphatic carbocycles. The Morgan fingerprint density at radius 2 is 1.92 bits per heavy atom. The summed E-state index contributed by atoms with van der Waals surface area (Å²) in [5, 5.41) is 8.13. The third-order valence-electron chi connectivity index (χ3n) is 4.40. The quantitative estimate of drug-likeness (QED) is 0.724. The second-order valence-electron chi connectivity index (χ2n) is 6.11. The molecule has 1 saturated heterocycles. The molecule has 2 aromatic heterocycles. The van der Waals surface area contributed by atoms with Crippen molar-refractivity contribution in [3.63, 3.8) is 0 Å². The first-order valence-corrected chi connectivity index (χ1v) is 8.48. The summed E-state index contributed by atoms with van der Waals surface area (Å²) in [7, 11) is 0. The molecule has 1 atom stereocenters. The number of likely N-dealkylation sites (tertiary alicyclic amines) is 1. The molecule has 3 aromatic rings. The molecule has 2 N–H and O–H groups in total. The zero-order chi connectivity index (χ0) is 17.1. The Kier molecular flexibility index (Phi) is 5.97. The van der Waals surface area contributed by atoms with Crippen molar-refractivity contribution in [3.8, 4) is 11.4 Å². The average Bonchev–Trinajstić information content (AvgIpc) is 3.32. The van der Waals surface area contributed by atoms with E-state index in [4.69, 9.17) is 14.8 Å². The maximum atomic E-state index is 5.57. The Balaban J connectivity index is 0.00000196. The highest BCUT2D eigenvalue weighted by Gasteiger charge is 2.30. The molecule has 0 spiro atoms. The van der Waals surface area contributed by atoms with Crippen molar-refractivity contribution in [2.24, 2.45) is 5.73 Å². The fourth-order valence-electron chi connectivity index (χ4n) is 3.15. The minimum absolute atomic E-state index is 0. The molecule has 1 aromatic carbocycles. The Morgan fingerprint density at radius 1 is 1.08 bits per heavy atom. The molecule has 1 aliphatic heterocycles. The molecule has 4 rings (SSSR count). The van der Waals surface area contributed by atoms with Crippen LogP contribution in [0.2, 0.25) is 0 Å².